The molecule has 1 fully saturated rings. The van der Waals surface area contributed by atoms with Gasteiger partial charge in [0.25, 0.3) is 11.7 Å². The predicted molar refractivity (Wildman–Crippen MR) is 116 cm³/mol. The molecule has 1 amide bonds. The highest BCUT2D eigenvalue weighted by Gasteiger charge is 2.46. The average Bonchev–Trinajstić information content (AvgIpc) is 3.01. The molecule has 7 nitrogen and oxygen atoms in total. The van der Waals surface area contributed by atoms with E-state index in [1.165, 1.54) is 11.0 Å². The first-order valence-electron chi connectivity index (χ1n) is 9.88. The number of hydrogen-bond acceptors (Lipinski definition) is 6. The summed E-state index contributed by atoms with van der Waals surface area (Å²) in [4.78, 5) is 27.2. The van der Waals surface area contributed by atoms with E-state index in [2.05, 4.69) is 0 Å². The maximum atomic E-state index is 12.9. The van der Waals surface area contributed by atoms with Gasteiger partial charge in [0.15, 0.2) is 11.5 Å². The number of halogens is 1. The number of aliphatic hydroxyl groups excluding tert-OH is 1. The number of likely N-dealkylation sites (tertiary alicyclic amines) is 1. The smallest absolute Gasteiger partial charge is 0.295 e. The molecule has 2 aromatic rings. The summed E-state index contributed by atoms with van der Waals surface area (Å²) in [5.74, 6) is -1.60. The Morgan fingerprint density at radius 3 is 2.52 bits per heavy atom. The quantitative estimate of drug-likeness (QED) is 0.277. The third-order valence-corrected chi connectivity index (χ3v) is 5.26. The van der Waals surface area contributed by atoms with Crippen LogP contribution >= 0.6 is 11.6 Å². The van der Waals surface area contributed by atoms with Crippen molar-refractivity contribution in [2.75, 3.05) is 26.9 Å². The predicted octanol–water partition coefficient (Wildman–Crippen LogP) is 3.90. The van der Waals surface area contributed by atoms with Crippen LogP contribution in [0.15, 0.2) is 48.0 Å². The van der Waals surface area contributed by atoms with Gasteiger partial charge in [-0.25, -0.2) is 0 Å². The number of ketones is 1. The number of phenolic OH excluding ortho intramolecular Hbond substituents is 1. The molecule has 0 radical (unpaired) electrons. The molecule has 3 rings (SSSR count). The third kappa shape index (κ3) is 4.68. The molecule has 1 atom stereocenters. The van der Waals surface area contributed by atoms with Crippen LogP contribution < -0.4 is 4.74 Å². The van der Waals surface area contributed by atoms with Gasteiger partial charge in [0.1, 0.15) is 5.76 Å². The zero-order valence-electron chi connectivity index (χ0n) is 17.3. The minimum absolute atomic E-state index is 0.0297. The zero-order chi connectivity index (χ0) is 22.5. The van der Waals surface area contributed by atoms with Crippen molar-refractivity contribution in [1.29, 1.82) is 0 Å². The SMILES string of the molecule is CCOc1cc([C@@H]2/C(=C(\O)c3ccc(Cl)cc3)C(=O)C(=O)N2CCCOC)ccc1O. The van der Waals surface area contributed by atoms with Crippen molar-refractivity contribution >= 4 is 29.1 Å². The number of amides is 1. The Bertz CT molecular complexity index is 1000. The van der Waals surface area contributed by atoms with Crippen LogP contribution in [0.3, 0.4) is 0 Å². The summed E-state index contributed by atoms with van der Waals surface area (Å²) in [5, 5.41) is 21.5. The lowest BCUT2D eigenvalue weighted by Crippen LogP contribution is -2.31. The van der Waals surface area contributed by atoms with Crippen LogP contribution in [0.5, 0.6) is 11.5 Å². The second-order valence-corrected chi connectivity index (χ2v) is 7.44. The number of Topliss-reactive ketones (excluding diaryl/α,β-unsaturated/α-hetero) is 1. The first kappa shape index (κ1) is 22.7. The number of aromatic hydroxyl groups is 1. The van der Waals surface area contributed by atoms with Crippen LogP contribution in [-0.2, 0) is 14.3 Å². The molecule has 2 N–H and O–H groups in total. The lowest BCUT2D eigenvalue weighted by atomic mass is 9.95. The summed E-state index contributed by atoms with van der Waals surface area (Å²) >= 11 is 5.93. The molecule has 0 aromatic heterocycles. The molecule has 0 unspecified atom stereocenters. The monoisotopic (exact) mass is 445 g/mol. The van der Waals surface area contributed by atoms with Gasteiger partial charge in [-0.05, 0) is 55.3 Å². The number of nitrogens with zero attached hydrogens (tertiary/aromatic N) is 1. The number of rotatable bonds is 8. The summed E-state index contributed by atoms with van der Waals surface area (Å²) in [5.41, 5.74) is 0.874. The number of carbonyl (C=O) groups excluding carboxylic acids is 2. The molecule has 1 heterocycles. The van der Waals surface area contributed by atoms with E-state index >= 15 is 0 Å². The van der Waals surface area contributed by atoms with Crippen LogP contribution in [0.2, 0.25) is 5.02 Å². The van der Waals surface area contributed by atoms with Gasteiger partial charge in [0, 0.05) is 30.8 Å². The summed E-state index contributed by atoms with van der Waals surface area (Å²) < 4.78 is 10.5. The van der Waals surface area contributed by atoms with Gasteiger partial charge in [-0.15, -0.1) is 0 Å². The van der Waals surface area contributed by atoms with Crippen LogP contribution in [0.1, 0.15) is 30.5 Å². The van der Waals surface area contributed by atoms with Gasteiger partial charge < -0.3 is 24.6 Å². The largest absolute Gasteiger partial charge is 0.507 e. The van der Waals surface area contributed by atoms with Crippen molar-refractivity contribution in [3.8, 4) is 11.5 Å². The molecule has 8 heteroatoms. The molecule has 1 aliphatic rings. The lowest BCUT2D eigenvalue weighted by Gasteiger charge is -2.25. The number of carbonyl (C=O) groups is 2. The topological polar surface area (TPSA) is 96.3 Å². The number of phenols is 1. The van der Waals surface area contributed by atoms with E-state index in [0.717, 1.165) is 0 Å². The highest BCUT2D eigenvalue weighted by molar-refractivity contribution is 6.46. The molecule has 0 saturated carbocycles. The standard InChI is InChI=1S/C23H24ClNO6/c1-3-31-18-13-15(7-10-17(18)26)20-19(21(27)14-5-8-16(24)9-6-14)22(28)23(29)25(20)11-4-12-30-2/h5-10,13,20,26-27H,3-4,11-12H2,1-2H3/b21-19+/t20-/m1/s1. The molecule has 0 aliphatic carbocycles. The molecule has 1 aliphatic heterocycles. The lowest BCUT2D eigenvalue weighted by molar-refractivity contribution is -0.140. The van der Waals surface area contributed by atoms with Crippen molar-refractivity contribution in [3.63, 3.8) is 0 Å². The zero-order valence-corrected chi connectivity index (χ0v) is 18.1. The Morgan fingerprint density at radius 1 is 1.16 bits per heavy atom. The Hall–Kier alpha value is -3.03. The normalized spacial score (nSPS) is 17.9. The number of ether oxygens (including phenoxy) is 2. The summed E-state index contributed by atoms with van der Waals surface area (Å²) in [6.07, 6.45) is 0.511. The average molecular weight is 446 g/mol. The van der Waals surface area contributed by atoms with E-state index in [4.69, 9.17) is 21.1 Å². The van der Waals surface area contributed by atoms with E-state index in [1.54, 1.807) is 50.4 Å². The van der Waals surface area contributed by atoms with Gasteiger partial charge in [-0.2, -0.15) is 0 Å². The maximum absolute atomic E-state index is 12.9. The maximum Gasteiger partial charge on any atom is 0.295 e. The van der Waals surface area contributed by atoms with Gasteiger partial charge >= 0.3 is 0 Å². The second kappa shape index (κ2) is 9.85. The third-order valence-electron chi connectivity index (χ3n) is 5.00. The molecule has 31 heavy (non-hydrogen) atoms. The Balaban J connectivity index is 2.14. The molecular weight excluding hydrogens is 422 g/mol. The fraction of sp³-hybridized carbons (Fsp3) is 0.304. The van der Waals surface area contributed by atoms with Crippen molar-refractivity contribution in [2.45, 2.75) is 19.4 Å². The van der Waals surface area contributed by atoms with E-state index in [9.17, 15) is 19.8 Å². The summed E-state index contributed by atoms with van der Waals surface area (Å²) in [6.45, 7) is 2.78. The molecular formula is C23H24ClNO6. The number of aliphatic hydroxyl groups is 1. The second-order valence-electron chi connectivity index (χ2n) is 7.01. The minimum Gasteiger partial charge on any atom is -0.507 e. The number of hydrogen-bond donors (Lipinski definition) is 2. The van der Waals surface area contributed by atoms with E-state index in [0.29, 0.717) is 35.8 Å². The molecule has 164 valence electrons. The number of methoxy groups -OCH3 is 1. The van der Waals surface area contributed by atoms with Crippen LogP contribution in [0, 0.1) is 0 Å². The van der Waals surface area contributed by atoms with Crippen LogP contribution in [0.4, 0.5) is 0 Å². The first-order chi connectivity index (χ1) is 14.9. The highest BCUT2D eigenvalue weighted by atomic mass is 35.5. The fourth-order valence-corrected chi connectivity index (χ4v) is 3.70. The Labute approximate surface area is 185 Å². The van der Waals surface area contributed by atoms with Gasteiger partial charge in [-0.1, -0.05) is 17.7 Å². The van der Waals surface area contributed by atoms with Gasteiger partial charge in [0.05, 0.1) is 18.2 Å². The minimum atomic E-state index is -0.840. The van der Waals surface area contributed by atoms with Crippen molar-refractivity contribution in [1.82, 2.24) is 4.90 Å². The fourth-order valence-electron chi connectivity index (χ4n) is 3.57. The highest BCUT2D eigenvalue weighted by Crippen LogP contribution is 2.41. The molecule has 1 saturated heterocycles. The Kier molecular flexibility index (Phi) is 7.20. The van der Waals surface area contributed by atoms with E-state index in [1.807, 2.05) is 0 Å². The first-order valence-corrected chi connectivity index (χ1v) is 10.3. The molecule has 0 spiro atoms. The summed E-state index contributed by atoms with van der Waals surface area (Å²) in [6, 6.07) is 10.1. The molecule has 0 bridgehead atoms. The van der Waals surface area contributed by atoms with Crippen LogP contribution in [0.25, 0.3) is 5.76 Å². The van der Waals surface area contributed by atoms with Gasteiger partial charge in [-0.3, -0.25) is 9.59 Å². The Morgan fingerprint density at radius 2 is 1.87 bits per heavy atom. The molecule has 2 aromatic carbocycles. The summed E-state index contributed by atoms with van der Waals surface area (Å²) in [7, 11) is 1.56. The van der Waals surface area contributed by atoms with Crippen molar-refractivity contribution in [3.05, 3.63) is 64.2 Å². The van der Waals surface area contributed by atoms with E-state index < -0.39 is 17.7 Å². The van der Waals surface area contributed by atoms with Crippen molar-refractivity contribution in [2.24, 2.45) is 0 Å². The van der Waals surface area contributed by atoms with E-state index in [-0.39, 0.29) is 29.4 Å². The number of benzene rings is 2. The van der Waals surface area contributed by atoms with Crippen molar-refractivity contribution < 1.29 is 29.3 Å². The van der Waals surface area contributed by atoms with Gasteiger partial charge in [0.2, 0.25) is 0 Å². The van der Waals surface area contributed by atoms with Crippen LogP contribution in [-0.4, -0.2) is 53.7 Å².